The van der Waals surface area contributed by atoms with E-state index in [1.54, 1.807) is 0 Å². The molecule has 0 saturated carbocycles. The molecule has 1 aromatic heterocycles. The highest BCUT2D eigenvalue weighted by Gasteiger charge is 2.17. The van der Waals surface area contributed by atoms with Crippen molar-refractivity contribution in [2.45, 2.75) is 19.8 Å². The monoisotopic (exact) mass is 268 g/mol. The zero-order valence-corrected chi connectivity index (χ0v) is 11.8. The molecular weight excluding hydrogens is 248 g/mol. The van der Waals surface area contributed by atoms with E-state index in [0.29, 0.717) is 0 Å². The summed E-state index contributed by atoms with van der Waals surface area (Å²) in [5.41, 5.74) is 8.39. The fraction of sp³-hybridized carbons (Fsp3) is 0.375. The largest absolute Gasteiger partial charge is 0.399 e. The quantitative estimate of drug-likeness (QED) is 0.851. The van der Waals surface area contributed by atoms with E-state index < -0.39 is 0 Å². The summed E-state index contributed by atoms with van der Waals surface area (Å²) < 4.78 is 0. The Kier molecular flexibility index (Phi) is 3.54. The summed E-state index contributed by atoms with van der Waals surface area (Å²) in [5.74, 6) is 1.81. The van der Waals surface area contributed by atoms with Gasteiger partial charge in [0.15, 0.2) is 5.82 Å². The average molecular weight is 268 g/mol. The van der Waals surface area contributed by atoms with Crippen molar-refractivity contribution >= 4 is 11.5 Å². The van der Waals surface area contributed by atoms with Crippen LogP contribution in [0.3, 0.4) is 0 Å². The number of benzene rings is 1. The predicted octanol–water partition coefficient (Wildman–Crippen LogP) is 2.96. The molecule has 104 valence electrons. The van der Waals surface area contributed by atoms with E-state index in [2.05, 4.69) is 28.1 Å². The minimum Gasteiger partial charge on any atom is -0.399 e. The third-order valence-corrected chi connectivity index (χ3v) is 3.96. The highest BCUT2D eigenvalue weighted by atomic mass is 15.3. The first-order valence-electron chi connectivity index (χ1n) is 7.17. The number of nitrogens with two attached hydrogens (primary N) is 1. The first-order chi connectivity index (χ1) is 9.72. The van der Waals surface area contributed by atoms with Gasteiger partial charge in [0, 0.05) is 24.3 Å². The fourth-order valence-electron chi connectivity index (χ4n) is 2.54. The molecule has 0 atom stereocenters. The molecule has 1 saturated heterocycles. The first kappa shape index (κ1) is 12.9. The van der Waals surface area contributed by atoms with Gasteiger partial charge >= 0.3 is 0 Å². The lowest BCUT2D eigenvalue weighted by atomic mass is 9.99. The minimum absolute atomic E-state index is 0.765. The van der Waals surface area contributed by atoms with Crippen molar-refractivity contribution in [3.05, 3.63) is 36.4 Å². The Bertz CT molecular complexity index is 554. The predicted molar refractivity (Wildman–Crippen MR) is 82.5 cm³/mol. The van der Waals surface area contributed by atoms with Gasteiger partial charge in [0.25, 0.3) is 0 Å². The third kappa shape index (κ3) is 2.74. The van der Waals surface area contributed by atoms with Crippen LogP contribution in [-0.4, -0.2) is 23.3 Å². The number of nitrogen functional groups attached to an aromatic ring is 1. The molecule has 2 aromatic rings. The molecule has 1 aliphatic rings. The topological polar surface area (TPSA) is 55.0 Å². The summed E-state index contributed by atoms with van der Waals surface area (Å²) in [5, 5.41) is 8.71. The molecule has 0 unspecified atom stereocenters. The molecule has 4 heteroatoms. The molecule has 0 amide bonds. The van der Waals surface area contributed by atoms with E-state index in [4.69, 9.17) is 5.73 Å². The van der Waals surface area contributed by atoms with Crippen molar-refractivity contribution in [1.82, 2.24) is 10.2 Å². The van der Waals surface area contributed by atoms with Gasteiger partial charge in [-0.05, 0) is 43.0 Å². The van der Waals surface area contributed by atoms with E-state index in [-0.39, 0.29) is 0 Å². The lowest BCUT2D eigenvalue weighted by Crippen LogP contribution is -2.33. The Labute approximate surface area is 119 Å². The van der Waals surface area contributed by atoms with Gasteiger partial charge in [-0.1, -0.05) is 19.1 Å². The van der Waals surface area contributed by atoms with E-state index in [1.807, 2.05) is 30.3 Å². The van der Waals surface area contributed by atoms with Crippen molar-refractivity contribution in [1.29, 1.82) is 0 Å². The van der Waals surface area contributed by atoms with Crippen molar-refractivity contribution in [2.24, 2.45) is 5.92 Å². The average Bonchev–Trinajstić information content (AvgIpc) is 2.49. The molecule has 1 fully saturated rings. The second-order valence-electron chi connectivity index (χ2n) is 5.57. The molecule has 4 nitrogen and oxygen atoms in total. The summed E-state index contributed by atoms with van der Waals surface area (Å²) in [6.07, 6.45) is 2.47. The Hall–Kier alpha value is -2.10. The highest BCUT2D eigenvalue weighted by molar-refractivity contribution is 5.62. The standard InChI is InChI=1S/C16H20N4/c1-12-8-10-20(11-9-12)16-7-6-15(18-19-16)13-2-4-14(17)5-3-13/h2-7,12H,8-11,17H2,1H3. The Morgan fingerprint density at radius 1 is 1.00 bits per heavy atom. The molecular formula is C16H20N4. The van der Waals surface area contributed by atoms with E-state index in [9.17, 15) is 0 Å². The fourth-order valence-corrected chi connectivity index (χ4v) is 2.54. The van der Waals surface area contributed by atoms with Crippen LogP contribution in [0.4, 0.5) is 11.5 Å². The van der Waals surface area contributed by atoms with E-state index in [1.165, 1.54) is 12.8 Å². The lowest BCUT2D eigenvalue weighted by Gasteiger charge is -2.30. The number of hydrogen-bond donors (Lipinski definition) is 1. The van der Waals surface area contributed by atoms with E-state index >= 15 is 0 Å². The van der Waals surface area contributed by atoms with Gasteiger partial charge in [-0.3, -0.25) is 0 Å². The molecule has 0 radical (unpaired) electrons. The number of piperidine rings is 1. The van der Waals surface area contributed by atoms with Crippen LogP contribution in [0, 0.1) is 5.92 Å². The zero-order chi connectivity index (χ0) is 13.9. The van der Waals surface area contributed by atoms with Gasteiger partial charge in [0.05, 0.1) is 5.69 Å². The molecule has 0 spiro atoms. The van der Waals surface area contributed by atoms with Gasteiger partial charge in [-0.25, -0.2) is 0 Å². The van der Waals surface area contributed by atoms with Crippen molar-refractivity contribution in [3.8, 4) is 11.3 Å². The van der Waals surface area contributed by atoms with Gasteiger partial charge in [0.1, 0.15) is 0 Å². The molecule has 0 aliphatic carbocycles. The summed E-state index contributed by atoms with van der Waals surface area (Å²) >= 11 is 0. The van der Waals surface area contributed by atoms with Gasteiger partial charge < -0.3 is 10.6 Å². The Morgan fingerprint density at radius 3 is 2.30 bits per heavy atom. The maximum atomic E-state index is 5.69. The maximum Gasteiger partial charge on any atom is 0.151 e. The normalized spacial score (nSPS) is 16.4. The molecule has 20 heavy (non-hydrogen) atoms. The number of rotatable bonds is 2. The second kappa shape index (κ2) is 5.49. The maximum absolute atomic E-state index is 5.69. The smallest absolute Gasteiger partial charge is 0.151 e. The van der Waals surface area contributed by atoms with Crippen LogP contribution in [0.1, 0.15) is 19.8 Å². The molecule has 2 heterocycles. The van der Waals surface area contributed by atoms with Gasteiger partial charge in [-0.15, -0.1) is 10.2 Å². The van der Waals surface area contributed by atoms with Crippen LogP contribution in [0.25, 0.3) is 11.3 Å². The number of nitrogens with zero attached hydrogens (tertiary/aromatic N) is 3. The van der Waals surface area contributed by atoms with Gasteiger partial charge in [0.2, 0.25) is 0 Å². The molecule has 3 rings (SSSR count). The first-order valence-corrected chi connectivity index (χ1v) is 7.17. The summed E-state index contributed by atoms with van der Waals surface area (Å²) in [4.78, 5) is 2.32. The Morgan fingerprint density at radius 2 is 1.70 bits per heavy atom. The number of aromatic nitrogens is 2. The molecule has 0 bridgehead atoms. The molecule has 1 aliphatic heterocycles. The zero-order valence-electron chi connectivity index (χ0n) is 11.8. The highest BCUT2D eigenvalue weighted by Crippen LogP contribution is 2.23. The summed E-state index contributed by atoms with van der Waals surface area (Å²) in [6.45, 7) is 4.47. The molecule has 1 aromatic carbocycles. The number of anilines is 2. The minimum atomic E-state index is 0.765. The van der Waals surface area contributed by atoms with Crippen LogP contribution in [0.15, 0.2) is 36.4 Å². The summed E-state index contributed by atoms with van der Waals surface area (Å²) in [6, 6.07) is 11.8. The Balaban J connectivity index is 1.76. The SMILES string of the molecule is CC1CCN(c2ccc(-c3ccc(N)cc3)nn2)CC1. The van der Waals surface area contributed by atoms with Crippen LogP contribution in [-0.2, 0) is 0 Å². The summed E-state index contributed by atoms with van der Waals surface area (Å²) in [7, 11) is 0. The van der Waals surface area contributed by atoms with E-state index in [0.717, 1.165) is 41.8 Å². The van der Waals surface area contributed by atoms with Crippen molar-refractivity contribution in [2.75, 3.05) is 23.7 Å². The second-order valence-corrected chi connectivity index (χ2v) is 5.57. The number of hydrogen-bond acceptors (Lipinski definition) is 4. The van der Waals surface area contributed by atoms with Crippen LogP contribution in [0.5, 0.6) is 0 Å². The molecule has 2 N–H and O–H groups in total. The lowest BCUT2D eigenvalue weighted by molar-refractivity contribution is 0.436. The van der Waals surface area contributed by atoms with Crippen molar-refractivity contribution < 1.29 is 0 Å². The van der Waals surface area contributed by atoms with Crippen LogP contribution in [0.2, 0.25) is 0 Å². The van der Waals surface area contributed by atoms with Crippen molar-refractivity contribution in [3.63, 3.8) is 0 Å². The van der Waals surface area contributed by atoms with Crippen LogP contribution < -0.4 is 10.6 Å². The van der Waals surface area contributed by atoms with Gasteiger partial charge in [-0.2, -0.15) is 0 Å². The van der Waals surface area contributed by atoms with Crippen LogP contribution >= 0.6 is 0 Å². The third-order valence-electron chi connectivity index (χ3n) is 3.96.